The van der Waals surface area contributed by atoms with Gasteiger partial charge in [0.1, 0.15) is 10.6 Å². The first-order valence-electron chi connectivity index (χ1n) is 4.18. The molecule has 0 unspecified atom stereocenters. The van der Waals surface area contributed by atoms with Crippen molar-refractivity contribution in [2.45, 2.75) is 4.90 Å². The molecule has 2 N–H and O–H groups in total. The number of rotatable bonds is 1. The number of aromatic hydroxyl groups is 1. The third-order valence-electron chi connectivity index (χ3n) is 2.10. The van der Waals surface area contributed by atoms with Crippen LogP contribution in [0.15, 0.2) is 41.3 Å². The topological polar surface area (TPSA) is 74.6 Å². The molecule has 0 aliphatic carbocycles. The zero-order chi connectivity index (χ0) is 11.1. The van der Waals surface area contributed by atoms with Crippen LogP contribution < -0.4 is 0 Å². The van der Waals surface area contributed by atoms with Crippen LogP contribution in [0.1, 0.15) is 0 Å². The smallest absolute Gasteiger partial charge is 0.295 e. The Morgan fingerprint density at radius 2 is 1.75 bits per heavy atom. The maximum atomic E-state index is 11.0. The van der Waals surface area contributed by atoms with Gasteiger partial charge < -0.3 is 5.11 Å². The van der Waals surface area contributed by atoms with Crippen molar-refractivity contribution in [2.75, 3.05) is 0 Å². The van der Waals surface area contributed by atoms with E-state index in [1.807, 2.05) is 0 Å². The molecule has 0 heterocycles. The van der Waals surface area contributed by atoms with Crippen LogP contribution in [-0.2, 0) is 10.1 Å². The van der Waals surface area contributed by atoms with Crippen LogP contribution >= 0.6 is 0 Å². The van der Waals surface area contributed by atoms with E-state index in [9.17, 15) is 13.5 Å². The molecular weight excluding hydrogens is 255 g/mol. The zero-order valence-corrected chi connectivity index (χ0v) is 12.5. The molecule has 0 atom stereocenters. The Kier molecular flexibility index (Phi) is 4.53. The molecule has 0 spiro atoms. The molecule has 4 nitrogen and oxygen atoms in total. The molecule has 0 bridgehead atoms. The van der Waals surface area contributed by atoms with Gasteiger partial charge in [0.05, 0.1) is 0 Å². The Morgan fingerprint density at radius 3 is 2.38 bits per heavy atom. The van der Waals surface area contributed by atoms with Gasteiger partial charge in [-0.05, 0) is 23.6 Å². The van der Waals surface area contributed by atoms with Gasteiger partial charge >= 0.3 is 0 Å². The molecule has 6 heteroatoms. The second-order valence-corrected chi connectivity index (χ2v) is 4.53. The maximum absolute atomic E-state index is 11.0. The molecule has 2 aromatic rings. The summed E-state index contributed by atoms with van der Waals surface area (Å²) < 4.78 is 31.0. The Balaban J connectivity index is 0.00000128. The van der Waals surface area contributed by atoms with Gasteiger partial charge in [0.25, 0.3) is 10.1 Å². The molecule has 0 aliphatic rings. The summed E-state index contributed by atoms with van der Waals surface area (Å²) in [4.78, 5) is -0.198. The van der Waals surface area contributed by atoms with E-state index in [0.29, 0.717) is 10.8 Å². The zero-order valence-electron chi connectivity index (χ0n) is 8.58. The summed E-state index contributed by atoms with van der Waals surface area (Å²) in [7, 11) is -4.26. The minimum atomic E-state index is -4.26. The first kappa shape index (κ1) is 14.1. The van der Waals surface area contributed by atoms with Crippen LogP contribution in [0.25, 0.3) is 10.8 Å². The number of phenols is 1. The van der Waals surface area contributed by atoms with Crippen LogP contribution in [0.2, 0.25) is 0 Å². The van der Waals surface area contributed by atoms with Gasteiger partial charge in [0.2, 0.25) is 0 Å². The predicted octanol–water partition coefficient (Wildman–Crippen LogP) is 1.41. The summed E-state index contributed by atoms with van der Waals surface area (Å²) in [6.07, 6.45) is 0. The molecule has 0 saturated carbocycles. The van der Waals surface area contributed by atoms with Gasteiger partial charge in [-0.1, -0.05) is 18.2 Å². The molecule has 0 saturated heterocycles. The minimum Gasteiger partial charge on any atom is -0.508 e. The van der Waals surface area contributed by atoms with Crippen LogP contribution in [0.4, 0.5) is 0 Å². The van der Waals surface area contributed by atoms with Gasteiger partial charge in [0, 0.05) is 56.8 Å². The molecule has 16 heavy (non-hydrogen) atoms. The van der Waals surface area contributed by atoms with Crippen LogP contribution in [0, 0.1) is 0 Å². The second-order valence-electron chi connectivity index (χ2n) is 3.14. The fourth-order valence-corrected chi connectivity index (χ4v) is 2.16. The minimum absolute atomic E-state index is 0. The van der Waals surface area contributed by atoms with E-state index < -0.39 is 10.1 Å². The van der Waals surface area contributed by atoms with Crippen LogP contribution in [0.3, 0.4) is 0 Å². The molecule has 0 aliphatic heterocycles. The molecule has 0 aromatic heterocycles. The third kappa shape index (κ3) is 2.83. The summed E-state index contributed by atoms with van der Waals surface area (Å²) in [5, 5.41) is 10.2. The summed E-state index contributed by atoms with van der Waals surface area (Å²) in [6.45, 7) is 0. The van der Waals surface area contributed by atoms with E-state index in [-0.39, 0.29) is 62.0 Å². The molecule has 0 fully saturated rings. The van der Waals surface area contributed by atoms with Crippen LogP contribution in [0.5, 0.6) is 5.75 Å². The van der Waals surface area contributed by atoms with Gasteiger partial charge in [0.15, 0.2) is 0 Å². The van der Waals surface area contributed by atoms with Crippen molar-refractivity contribution in [1.29, 1.82) is 0 Å². The predicted molar refractivity (Wildman–Crippen MR) is 61.2 cm³/mol. The standard InChI is InChI=1S/C10H8O4S.K/c11-8-5-4-7-2-1-3-10(9(7)6-8)15(12,13)14;/h1-6,11H,(H,12,13,14);. The van der Waals surface area contributed by atoms with Crippen molar-refractivity contribution in [2.24, 2.45) is 0 Å². The fourth-order valence-electron chi connectivity index (χ4n) is 1.46. The van der Waals surface area contributed by atoms with Crippen LogP contribution in [-0.4, -0.2) is 69.5 Å². The van der Waals surface area contributed by atoms with Crippen molar-refractivity contribution in [1.82, 2.24) is 0 Å². The average molecular weight is 263 g/mol. The van der Waals surface area contributed by atoms with Gasteiger partial charge in [-0.15, -0.1) is 0 Å². The Hall–Kier alpha value is 0.0464. The molecule has 1 radical (unpaired) electrons. The summed E-state index contributed by atoms with van der Waals surface area (Å²) in [5.41, 5.74) is 0. The monoisotopic (exact) mass is 263 g/mol. The van der Waals surface area contributed by atoms with Gasteiger partial charge in [-0.2, -0.15) is 8.42 Å². The molecule has 79 valence electrons. The van der Waals surface area contributed by atoms with E-state index in [1.165, 1.54) is 24.3 Å². The Labute approximate surface area is 135 Å². The van der Waals surface area contributed by atoms with E-state index >= 15 is 0 Å². The van der Waals surface area contributed by atoms with Gasteiger partial charge in [-0.25, -0.2) is 0 Å². The van der Waals surface area contributed by atoms with Crippen molar-refractivity contribution < 1.29 is 18.1 Å². The SMILES string of the molecule is O=S(=O)(O)c1cccc2ccc(O)cc12.[K]. The van der Waals surface area contributed by atoms with Crippen molar-refractivity contribution in [3.8, 4) is 5.75 Å². The second kappa shape index (κ2) is 5.13. The first-order valence-corrected chi connectivity index (χ1v) is 5.62. The quantitative estimate of drug-likeness (QED) is 0.602. The van der Waals surface area contributed by atoms with E-state index in [2.05, 4.69) is 0 Å². The van der Waals surface area contributed by atoms with E-state index in [4.69, 9.17) is 4.55 Å². The summed E-state index contributed by atoms with van der Waals surface area (Å²) in [6, 6.07) is 8.86. The number of benzene rings is 2. The molecule has 0 amide bonds. The van der Waals surface area contributed by atoms with Crippen molar-refractivity contribution >= 4 is 72.3 Å². The van der Waals surface area contributed by atoms with Gasteiger partial charge in [-0.3, -0.25) is 4.55 Å². The molecule has 2 rings (SSSR count). The normalized spacial score (nSPS) is 11.1. The fraction of sp³-hybridized carbons (Fsp3) is 0. The van der Waals surface area contributed by atoms with E-state index in [1.54, 1.807) is 12.1 Å². The number of hydrogen-bond donors (Lipinski definition) is 2. The molecule has 2 aromatic carbocycles. The first-order chi connectivity index (χ1) is 6.98. The Morgan fingerprint density at radius 1 is 1.06 bits per heavy atom. The Bertz CT molecular complexity index is 622. The van der Waals surface area contributed by atoms with Crippen molar-refractivity contribution in [3.05, 3.63) is 36.4 Å². The van der Waals surface area contributed by atoms with E-state index in [0.717, 1.165) is 0 Å². The van der Waals surface area contributed by atoms with Crippen molar-refractivity contribution in [3.63, 3.8) is 0 Å². The third-order valence-corrected chi connectivity index (χ3v) is 3.02. The number of hydrogen-bond acceptors (Lipinski definition) is 3. The maximum Gasteiger partial charge on any atom is 0.295 e. The number of phenolic OH excluding ortho intramolecular Hbond substituents is 1. The number of fused-ring (bicyclic) bond motifs is 1. The largest absolute Gasteiger partial charge is 0.508 e. The average Bonchev–Trinajstić information content (AvgIpc) is 2.15. The summed E-state index contributed by atoms with van der Waals surface area (Å²) in [5.74, 6) is -0.0430. The molecular formula is C10H8KO4S. The summed E-state index contributed by atoms with van der Waals surface area (Å²) >= 11 is 0.